The molecule has 1 heterocycles. The summed E-state index contributed by atoms with van der Waals surface area (Å²) in [6, 6.07) is 6.78. The van der Waals surface area contributed by atoms with Crippen molar-refractivity contribution < 1.29 is 0 Å². The highest BCUT2D eigenvalue weighted by Crippen LogP contribution is 2.37. The molecule has 0 fully saturated rings. The lowest BCUT2D eigenvalue weighted by molar-refractivity contribution is 0.960. The Morgan fingerprint density at radius 3 is 3.14 bits per heavy atom. The van der Waals surface area contributed by atoms with Crippen molar-refractivity contribution in [2.75, 3.05) is 6.26 Å². The molecular formula is C12H14S2. The lowest BCUT2D eigenvalue weighted by Crippen LogP contribution is -1.90. The van der Waals surface area contributed by atoms with Gasteiger partial charge in [0.1, 0.15) is 0 Å². The summed E-state index contributed by atoms with van der Waals surface area (Å²) in [7, 11) is 0. The molecule has 0 amide bonds. The molecule has 1 unspecified atom stereocenters. The van der Waals surface area contributed by atoms with Gasteiger partial charge in [0.15, 0.2) is 0 Å². The van der Waals surface area contributed by atoms with Crippen LogP contribution in [0, 0.1) is 0 Å². The lowest BCUT2D eigenvalue weighted by atomic mass is 10.1. The van der Waals surface area contributed by atoms with Crippen LogP contribution in [0.15, 0.2) is 28.5 Å². The molecule has 2 heteroatoms. The number of rotatable bonds is 2. The van der Waals surface area contributed by atoms with E-state index in [0.717, 1.165) is 5.25 Å². The largest absolute Gasteiger partial charge is 0.138 e. The summed E-state index contributed by atoms with van der Waals surface area (Å²) in [5, 5.41) is 2.88. The molecular weight excluding hydrogens is 208 g/mol. The maximum Gasteiger partial charge on any atom is 0.0113 e. The zero-order valence-electron chi connectivity index (χ0n) is 8.49. The quantitative estimate of drug-likeness (QED) is 0.740. The van der Waals surface area contributed by atoms with Gasteiger partial charge in [-0.1, -0.05) is 19.1 Å². The topological polar surface area (TPSA) is 0 Å². The number of hydrogen-bond acceptors (Lipinski definition) is 2. The fourth-order valence-electron chi connectivity index (χ4n) is 1.67. The molecule has 0 bridgehead atoms. The first-order valence-electron chi connectivity index (χ1n) is 4.78. The lowest BCUT2D eigenvalue weighted by Gasteiger charge is -1.99. The van der Waals surface area contributed by atoms with E-state index in [1.165, 1.54) is 22.4 Å². The van der Waals surface area contributed by atoms with E-state index >= 15 is 0 Å². The van der Waals surface area contributed by atoms with Gasteiger partial charge in [-0.05, 0) is 41.4 Å². The molecule has 0 saturated heterocycles. The standard InChI is InChI=1S/C12H14S2/c1-9-7-11-4-3-10(5-6-13-2)8-12(11)14-9/h3-6,8-9H,7H2,1-2H3/b6-5-. The van der Waals surface area contributed by atoms with Crippen molar-refractivity contribution in [3.8, 4) is 0 Å². The van der Waals surface area contributed by atoms with Gasteiger partial charge in [-0.2, -0.15) is 0 Å². The number of hydrogen-bond donors (Lipinski definition) is 0. The van der Waals surface area contributed by atoms with Crippen molar-refractivity contribution in [3.05, 3.63) is 34.7 Å². The summed E-state index contributed by atoms with van der Waals surface area (Å²) in [5.41, 5.74) is 2.84. The van der Waals surface area contributed by atoms with Crippen LogP contribution in [0.5, 0.6) is 0 Å². The number of thioether (sulfide) groups is 2. The average molecular weight is 222 g/mol. The van der Waals surface area contributed by atoms with Crippen molar-refractivity contribution in [1.29, 1.82) is 0 Å². The Morgan fingerprint density at radius 1 is 1.50 bits per heavy atom. The van der Waals surface area contributed by atoms with Gasteiger partial charge in [0.05, 0.1) is 0 Å². The third-order valence-electron chi connectivity index (χ3n) is 2.32. The van der Waals surface area contributed by atoms with Crippen LogP contribution in [-0.2, 0) is 6.42 Å². The molecule has 0 saturated carbocycles. The smallest absolute Gasteiger partial charge is 0.0113 e. The second-order valence-corrected chi connectivity index (χ2v) is 5.76. The fraction of sp³-hybridized carbons (Fsp3) is 0.333. The molecule has 0 aromatic heterocycles. The van der Waals surface area contributed by atoms with Crippen LogP contribution in [-0.4, -0.2) is 11.5 Å². The summed E-state index contributed by atoms with van der Waals surface area (Å²) in [5.74, 6) is 0. The second-order valence-electron chi connectivity index (χ2n) is 3.54. The van der Waals surface area contributed by atoms with Crippen molar-refractivity contribution in [3.63, 3.8) is 0 Å². The summed E-state index contributed by atoms with van der Waals surface area (Å²) in [6.07, 6.45) is 5.49. The van der Waals surface area contributed by atoms with Gasteiger partial charge in [-0.25, -0.2) is 0 Å². The zero-order chi connectivity index (χ0) is 9.97. The van der Waals surface area contributed by atoms with Gasteiger partial charge in [0.2, 0.25) is 0 Å². The van der Waals surface area contributed by atoms with Crippen LogP contribution in [0.4, 0.5) is 0 Å². The van der Waals surface area contributed by atoms with Crippen LogP contribution in [0.2, 0.25) is 0 Å². The van der Waals surface area contributed by atoms with Gasteiger partial charge in [0.25, 0.3) is 0 Å². The highest BCUT2D eigenvalue weighted by Gasteiger charge is 2.17. The first kappa shape index (κ1) is 10.2. The Hall–Kier alpha value is -0.340. The Morgan fingerprint density at radius 2 is 2.36 bits per heavy atom. The minimum atomic E-state index is 0.754. The number of fused-ring (bicyclic) bond motifs is 1. The fourth-order valence-corrected chi connectivity index (χ4v) is 3.16. The molecule has 1 aliphatic heterocycles. The maximum absolute atomic E-state index is 2.30. The molecule has 0 nitrogen and oxygen atoms in total. The molecule has 0 aliphatic carbocycles. The van der Waals surface area contributed by atoms with E-state index in [0.29, 0.717) is 0 Å². The molecule has 0 radical (unpaired) electrons. The van der Waals surface area contributed by atoms with Gasteiger partial charge < -0.3 is 0 Å². The Kier molecular flexibility index (Phi) is 3.24. The monoisotopic (exact) mass is 222 g/mol. The SMILES string of the molecule is CS/C=C\c1ccc2c(c1)SC(C)C2. The van der Waals surface area contributed by atoms with Crippen molar-refractivity contribution in [1.82, 2.24) is 0 Å². The molecule has 0 N–H and O–H groups in total. The molecule has 74 valence electrons. The molecule has 1 aliphatic rings. The highest BCUT2D eigenvalue weighted by molar-refractivity contribution is 8.01. The number of benzene rings is 1. The van der Waals surface area contributed by atoms with Crippen LogP contribution >= 0.6 is 23.5 Å². The van der Waals surface area contributed by atoms with E-state index in [9.17, 15) is 0 Å². The molecule has 1 aromatic rings. The molecule has 14 heavy (non-hydrogen) atoms. The summed E-state index contributed by atoms with van der Waals surface area (Å²) >= 11 is 3.74. The molecule has 2 rings (SSSR count). The minimum absolute atomic E-state index is 0.754. The molecule has 1 aromatic carbocycles. The Bertz CT molecular complexity index is 355. The van der Waals surface area contributed by atoms with E-state index in [2.05, 4.69) is 42.9 Å². The van der Waals surface area contributed by atoms with E-state index < -0.39 is 0 Å². The van der Waals surface area contributed by atoms with Gasteiger partial charge >= 0.3 is 0 Å². The normalized spacial score (nSPS) is 20.3. The first-order valence-corrected chi connectivity index (χ1v) is 6.95. The van der Waals surface area contributed by atoms with E-state index in [-0.39, 0.29) is 0 Å². The van der Waals surface area contributed by atoms with Gasteiger partial charge in [-0.3, -0.25) is 0 Å². The van der Waals surface area contributed by atoms with Crippen molar-refractivity contribution in [2.45, 2.75) is 23.5 Å². The van der Waals surface area contributed by atoms with Crippen LogP contribution < -0.4 is 0 Å². The van der Waals surface area contributed by atoms with E-state index in [1.807, 2.05) is 11.8 Å². The predicted octanol–water partition coefficient (Wildman–Crippen LogP) is 4.06. The average Bonchev–Trinajstić information content (AvgIpc) is 2.54. The third-order valence-corrected chi connectivity index (χ3v) is 3.93. The summed E-state index contributed by atoms with van der Waals surface area (Å²) in [4.78, 5) is 1.47. The van der Waals surface area contributed by atoms with Crippen molar-refractivity contribution in [2.24, 2.45) is 0 Å². The van der Waals surface area contributed by atoms with Gasteiger partial charge in [0, 0.05) is 10.1 Å². The van der Waals surface area contributed by atoms with E-state index in [4.69, 9.17) is 0 Å². The highest BCUT2D eigenvalue weighted by atomic mass is 32.2. The van der Waals surface area contributed by atoms with Gasteiger partial charge in [-0.15, -0.1) is 23.5 Å². The van der Waals surface area contributed by atoms with Crippen LogP contribution in [0.3, 0.4) is 0 Å². The van der Waals surface area contributed by atoms with Crippen LogP contribution in [0.1, 0.15) is 18.1 Å². The molecule has 1 atom stereocenters. The third kappa shape index (κ3) is 2.18. The first-order chi connectivity index (χ1) is 6.79. The second kappa shape index (κ2) is 4.45. The van der Waals surface area contributed by atoms with Crippen molar-refractivity contribution >= 4 is 29.6 Å². The minimum Gasteiger partial charge on any atom is -0.138 e. The maximum atomic E-state index is 2.30. The van der Waals surface area contributed by atoms with E-state index in [1.54, 1.807) is 11.8 Å². The Balaban J connectivity index is 2.24. The van der Waals surface area contributed by atoms with Crippen LogP contribution in [0.25, 0.3) is 6.08 Å². The molecule has 0 spiro atoms. The zero-order valence-corrected chi connectivity index (χ0v) is 10.1. The predicted molar refractivity (Wildman–Crippen MR) is 68.0 cm³/mol. The summed E-state index contributed by atoms with van der Waals surface area (Å²) < 4.78 is 0. The summed E-state index contributed by atoms with van der Waals surface area (Å²) in [6.45, 7) is 2.29. The Labute approximate surface area is 94.2 Å².